The number of nitrogens with zero attached hydrogens (tertiary/aromatic N) is 2. The van der Waals surface area contributed by atoms with E-state index >= 15 is 0 Å². The Bertz CT molecular complexity index is 871. The van der Waals surface area contributed by atoms with Crippen molar-refractivity contribution in [1.29, 1.82) is 0 Å². The van der Waals surface area contributed by atoms with Gasteiger partial charge in [0.15, 0.2) is 0 Å². The lowest BCUT2D eigenvalue weighted by Gasteiger charge is -2.33. The minimum absolute atomic E-state index is 0.0120. The van der Waals surface area contributed by atoms with E-state index in [2.05, 4.69) is 0 Å². The molecule has 0 atom stereocenters. The van der Waals surface area contributed by atoms with Gasteiger partial charge in [0, 0.05) is 31.7 Å². The van der Waals surface area contributed by atoms with Gasteiger partial charge in [-0.2, -0.15) is 4.31 Å². The van der Waals surface area contributed by atoms with Crippen molar-refractivity contribution in [2.45, 2.75) is 17.6 Å². The Morgan fingerprint density at radius 3 is 2.54 bits per heavy atom. The standard InChI is InChI=1S/C18H22N2O4S2/c1-14-5-6-16(24-2)15(12-14)13-17(21)19-7-9-20(10-8-19)26(22,23)18-4-3-11-25-18/h3-6,11-12H,7-10,13H2,1-2H3. The fraction of sp³-hybridized carbons (Fsp3) is 0.389. The number of carbonyl (C=O) groups excluding carboxylic acids is 1. The van der Waals surface area contributed by atoms with Gasteiger partial charge in [0.25, 0.3) is 10.0 Å². The van der Waals surface area contributed by atoms with Crippen LogP contribution in [0.2, 0.25) is 0 Å². The molecule has 2 aromatic rings. The number of piperazine rings is 1. The predicted molar refractivity (Wildman–Crippen MR) is 101 cm³/mol. The molecule has 1 aromatic carbocycles. The van der Waals surface area contributed by atoms with Crippen molar-refractivity contribution in [3.63, 3.8) is 0 Å². The van der Waals surface area contributed by atoms with Gasteiger partial charge < -0.3 is 9.64 Å². The van der Waals surface area contributed by atoms with Crippen molar-refractivity contribution in [2.24, 2.45) is 0 Å². The summed E-state index contributed by atoms with van der Waals surface area (Å²) in [6.07, 6.45) is 0.253. The van der Waals surface area contributed by atoms with E-state index < -0.39 is 10.0 Å². The highest BCUT2D eigenvalue weighted by atomic mass is 32.2. The zero-order chi connectivity index (χ0) is 18.7. The Balaban J connectivity index is 1.63. The monoisotopic (exact) mass is 394 g/mol. The molecular formula is C18H22N2O4S2. The molecule has 1 saturated heterocycles. The molecule has 1 aliphatic heterocycles. The number of methoxy groups -OCH3 is 1. The van der Waals surface area contributed by atoms with E-state index in [9.17, 15) is 13.2 Å². The van der Waals surface area contributed by atoms with Crippen LogP contribution in [0.5, 0.6) is 5.75 Å². The molecule has 1 aliphatic rings. The second-order valence-corrected chi connectivity index (χ2v) is 9.32. The number of benzene rings is 1. The largest absolute Gasteiger partial charge is 0.496 e. The van der Waals surface area contributed by atoms with E-state index in [-0.39, 0.29) is 12.3 Å². The van der Waals surface area contributed by atoms with Gasteiger partial charge in [-0.05, 0) is 24.4 Å². The molecule has 1 amide bonds. The lowest BCUT2D eigenvalue weighted by Crippen LogP contribution is -2.50. The normalized spacial score (nSPS) is 15.8. The Morgan fingerprint density at radius 2 is 1.92 bits per heavy atom. The molecule has 0 N–H and O–H groups in total. The number of ether oxygens (including phenoxy) is 1. The molecule has 2 heterocycles. The lowest BCUT2D eigenvalue weighted by molar-refractivity contribution is -0.131. The van der Waals surface area contributed by atoms with Crippen LogP contribution in [0.1, 0.15) is 11.1 Å². The number of thiophene rings is 1. The summed E-state index contributed by atoms with van der Waals surface area (Å²) in [6.45, 7) is 3.41. The number of carbonyl (C=O) groups is 1. The maximum absolute atomic E-state index is 12.6. The molecule has 1 fully saturated rings. The summed E-state index contributed by atoms with van der Waals surface area (Å²) in [4.78, 5) is 14.4. The number of aryl methyl sites for hydroxylation is 1. The summed E-state index contributed by atoms with van der Waals surface area (Å²) < 4.78 is 32.2. The smallest absolute Gasteiger partial charge is 0.252 e. The lowest BCUT2D eigenvalue weighted by atomic mass is 10.1. The summed E-state index contributed by atoms with van der Waals surface area (Å²) in [5.74, 6) is 0.685. The molecule has 6 nitrogen and oxygen atoms in total. The Kier molecular flexibility index (Phi) is 5.64. The van der Waals surface area contributed by atoms with Crippen molar-refractivity contribution in [2.75, 3.05) is 33.3 Å². The second-order valence-electron chi connectivity index (χ2n) is 6.21. The highest BCUT2D eigenvalue weighted by Gasteiger charge is 2.30. The maximum Gasteiger partial charge on any atom is 0.252 e. The van der Waals surface area contributed by atoms with Gasteiger partial charge in [0.2, 0.25) is 5.91 Å². The van der Waals surface area contributed by atoms with Crippen LogP contribution in [0.4, 0.5) is 0 Å². The van der Waals surface area contributed by atoms with Crippen LogP contribution in [0.3, 0.4) is 0 Å². The van der Waals surface area contributed by atoms with Crippen LogP contribution in [0, 0.1) is 6.92 Å². The molecule has 26 heavy (non-hydrogen) atoms. The summed E-state index contributed by atoms with van der Waals surface area (Å²) in [5.41, 5.74) is 1.92. The zero-order valence-corrected chi connectivity index (χ0v) is 16.5. The van der Waals surface area contributed by atoms with Gasteiger partial charge in [0.05, 0.1) is 13.5 Å². The predicted octanol–water partition coefficient (Wildman–Crippen LogP) is 2.14. The average Bonchev–Trinajstić information content (AvgIpc) is 3.17. The first-order valence-electron chi connectivity index (χ1n) is 8.37. The molecular weight excluding hydrogens is 372 g/mol. The summed E-state index contributed by atoms with van der Waals surface area (Å²) in [5, 5.41) is 1.75. The van der Waals surface area contributed by atoms with Crippen molar-refractivity contribution in [3.05, 3.63) is 46.8 Å². The first-order chi connectivity index (χ1) is 12.4. The molecule has 0 radical (unpaired) electrons. The molecule has 3 rings (SSSR count). The van der Waals surface area contributed by atoms with Gasteiger partial charge >= 0.3 is 0 Å². The Hall–Kier alpha value is -1.90. The van der Waals surface area contributed by atoms with Gasteiger partial charge in [-0.3, -0.25) is 4.79 Å². The van der Waals surface area contributed by atoms with Gasteiger partial charge in [-0.15, -0.1) is 11.3 Å². The third kappa shape index (κ3) is 3.92. The Labute approximate surface area is 158 Å². The molecule has 1 aromatic heterocycles. The zero-order valence-electron chi connectivity index (χ0n) is 14.8. The van der Waals surface area contributed by atoms with Crippen LogP contribution in [0.25, 0.3) is 0 Å². The molecule has 0 saturated carbocycles. The summed E-state index contributed by atoms with van der Waals surface area (Å²) in [7, 11) is -1.86. The molecule has 8 heteroatoms. The highest BCUT2D eigenvalue weighted by Crippen LogP contribution is 2.23. The fourth-order valence-corrected chi connectivity index (χ4v) is 5.60. The maximum atomic E-state index is 12.6. The quantitative estimate of drug-likeness (QED) is 0.779. The SMILES string of the molecule is COc1ccc(C)cc1CC(=O)N1CCN(S(=O)(=O)c2cccs2)CC1. The summed E-state index contributed by atoms with van der Waals surface area (Å²) in [6, 6.07) is 9.10. The number of hydrogen-bond acceptors (Lipinski definition) is 5. The first kappa shape index (κ1) is 18.9. The topological polar surface area (TPSA) is 66.9 Å². The van der Waals surface area contributed by atoms with Gasteiger partial charge in [-0.1, -0.05) is 23.8 Å². The van der Waals surface area contributed by atoms with E-state index in [0.717, 1.165) is 11.1 Å². The van der Waals surface area contributed by atoms with Crippen molar-refractivity contribution in [1.82, 2.24) is 9.21 Å². The molecule has 0 spiro atoms. The van der Waals surface area contributed by atoms with Gasteiger partial charge in [0.1, 0.15) is 9.96 Å². The van der Waals surface area contributed by atoms with E-state index in [4.69, 9.17) is 4.74 Å². The van der Waals surface area contributed by atoms with E-state index in [1.807, 2.05) is 25.1 Å². The minimum Gasteiger partial charge on any atom is -0.496 e. The highest BCUT2D eigenvalue weighted by molar-refractivity contribution is 7.91. The van der Waals surface area contributed by atoms with E-state index in [1.165, 1.54) is 15.6 Å². The third-order valence-corrected chi connectivity index (χ3v) is 7.73. The van der Waals surface area contributed by atoms with Crippen LogP contribution < -0.4 is 4.74 Å². The van der Waals surface area contributed by atoms with Crippen LogP contribution in [-0.4, -0.2) is 56.8 Å². The molecule has 0 bridgehead atoms. The third-order valence-electron chi connectivity index (χ3n) is 4.46. The minimum atomic E-state index is -3.45. The van der Waals surface area contributed by atoms with Gasteiger partial charge in [-0.25, -0.2) is 8.42 Å². The molecule has 0 unspecified atom stereocenters. The van der Waals surface area contributed by atoms with E-state index in [1.54, 1.807) is 29.5 Å². The van der Waals surface area contributed by atoms with Crippen molar-refractivity contribution < 1.29 is 17.9 Å². The van der Waals surface area contributed by atoms with Crippen LogP contribution in [0.15, 0.2) is 39.9 Å². The number of rotatable bonds is 5. The Morgan fingerprint density at radius 1 is 1.19 bits per heavy atom. The van der Waals surface area contributed by atoms with E-state index in [0.29, 0.717) is 36.1 Å². The second kappa shape index (κ2) is 7.77. The molecule has 140 valence electrons. The average molecular weight is 395 g/mol. The molecule has 0 aliphatic carbocycles. The number of sulfonamides is 1. The van der Waals surface area contributed by atoms with Crippen LogP contribution in [-0.2, 0) is 21.2 Å². The number of hydrogen-bond donors (Lipinski definition) is 0. The van der Waals surface area contributed by atoms with Crippen molar-refractivity contribution >= 4 is 27.3 Å². The summed E-state index contributed by atoms with van der Waals surface area (Å²) >= 11 is 1.21. The van der Waals surface area contributed by atoms with Crippen LogP contribution >= 0.6 is 11.3 Å². The fourth-order valence-electron chi connectivity index (χ4n) is 3.04. The van der Waals surface area contributed by atoms with Crippen molar-refractivity contribution in [3.8, 4) is 5.75 Å². The number of amides is 1. The first-order valence-corrected chi connectivity index (χ1v) is 10.7.